The van der Waals surface area contributed by atoms with Gasteiger partial charge in [-0.15, -0.1) is 0 Å². The van der Waals surface area contributed by atoms with Crippen LogP contribution in [-0.2, 0) is 6.54 Å². The Hall–Kier alpha value is -0.540. The molecule has 0 saturated heterocycles. The van der Waals surface area contributed by atoms with Crippen LogP contribution in [0.1, 0.15) is 32.8 Å². The summed E-state index contributed by atoms with van der Waals surface area (Å²) in [5, 5.41) is 3.35. The molecule has 0 aliphatic rings. The Morgan fingerprint density at radius 1 is 1.33 bits per heavy atom. The lowest BCUT2D eigenvalue weighted by Gasteiger charge is -2.22. The van der Waals surface area contributed by atoms with Crippen molar-refractivity contribution < 1.29 is 0 Å². The average molecular weight is 313 g/mol. The minimum absolute atomic E-state index is 0.749. The van der Waals surface area contributed by atoms with E-state index in [0.717, 1.165) is 25.6 Å². The Labute approximate surface area is 120 Å². The molecule has 0 radical (unpaired) electrons. The molecule has 1 aromatic rings. The highest BCUT2D eigenvalue weighted by Crippen LogP contribution is 2.27. The highest BCUT2D eigenvalue weighted by Gasteiger charge is 2.07. The molecule has 2 nitrogen and oxygen atoms in total. The van der Waals surface area contributed by atoms with Gasteiger partial charge in [0.15, 0.2) is 0 Å². The van der Waals surface area contributed by atoms with Crippen LogP contribution >= 0.6 is 15.9 Å². The maximum Gasteiger partial charge on any atom is 0.0508 e. The van der Waals surface area contributed by atoms with Gasteiger partial charge in [0.25, 0.3) is 0 Å². The van der Waals surface area contributed by atoms with E-state index in [1.165, 1.54) is 22.1 Å². The van der Waals surface area contributed by atoms with Crippen LogP contribution in [0, 0.1) is 5.92 Å². The van der Waals surface area contributed by atoms with Gasteiger partial charge in [-0.1, -0.05) is 26.8 Å². The quantitative estimate of drug-likeness (QED) is 0.817. The minimum Gasteiger partial charge on any atom is -0.374 e. The number of benzene rings is 1. The average Bonchev–Trinajstić information content (AvgIpc) is 2.33. The third kappa shape index (κ3) is 4.99. The van der Waals surface area contributed by atoms with E-state index in [1.807, 2.05) is 0 Å². The monoisotopic (exact) mass is 312 g/mol. The van der Waals surface area contributed by atoms with Crippen molar-refractivity contribution in [2.45, 2.75) is 33.7 Å². The van der Waals surface area contributed by atoms with Crippen molar-refractivity contribution >= 4 is 21.6 Å². The summed E-state index contributed by atoms with van der Waals surface area (Å²) in [5.41, 5.74) is 2.60. The zero-order valence-corrected chi connectivity index (χ0v) is 13.5. The van der Waals surface area contributed by atoms with Crippen molar-refractivity contribution in [1.29, 1.82) is 0 Å². The maximum absolute atomic E-state index is 3.68. The molecule has 0 unspecified atom stereocenters. The molecule has 0 aromatic heterocycles. The fourth-order valence-electron chi connectivity index (χ4n) is 1.81. The molecule has 0 bridgehead atoms. The highest BCUT2D eigenvalue weighted by atomic mass is 79.9. The molecule has 1 rings (SSSR count). The molecular weight excluding hydrogens is 288 g/mol. The van der Waals surface area contributed by atoms with E-state index < -0.39 is 0 Å². The molecule has 0 heterocycles. The number of nitrogens with one attached hydrogen (secondary N) is 1. The molecule has 102 valence electrons. The summed E-state index contributed by atoms with van der Waals surface area (Å²) in [5.74, 6) is 0.749. The van der Waals surface area contributed by atoms with Crippen molar-refractivity contribution in [2.24, 2.45) is 5.92 Å². The predicted octanol–water partition coefficient (Wildman–Crippen LogP) is 4.04. The van der Waals surface area contributed by atoms with Gasteiger partial charge < -0.3 is 10.2 Å². The maximum atomic E-state index is 3.68. The topological polar surface area (TPSA) is 15.3 Å². The number of anilines is 1. The molecule has 18 heavy (non-hydrogen) atoms. The van der Waals surface area contributed by atoms with E-state index in [1.54, 1.807) is 0 Å². The van der Waals surface area contributed by atoms with Crippen LogP contribution < -0.4 is 10.2 Å². The number of halogens is 1. The Morgan fingerprint density at radius 2 is 2.06 bits per heavy atom. The highest BCUT2D eigenvalue weighted by molar-refractivity contribution is 9.10. The second-order valence-corrected chi connectivity index (χ2v) is 6.02. The van der Waals surface area contributed by atoms with Crippen LogP contribution in [0.2, 0.25) is 0 Å². The number of rotatable bonds is 7. The van der Waals surface area contributed by atoms with Gasteiger partial charge in [0, 0.05) is 24.6 Å². The third-order valence-corrected chi connectivity index (χ3v) is 3.68. The summed E-state index contributed by atoms with van der Waals surface area (Å²) in [6, 6.07) is 6.62. The largest absolute Gasteiger partial charge is 0.374 e. The molecule has 0 fully saturated rings. The van der Waals surface area contributed by atoms with Crippen molar-refractivity contribution in [3.05, 3.63) is 28.2 Å². The lowest BCUT2D eigenvalue weighted by molar-refractivity contribution is 0.585. The van der Waals surface area contributed by atoms with Gasteiger partial charge in [0.05, 0.1) is 5.69 Å². The normalized spacial score (nSPS) is 11.0. The fourth-order valence-corrected chi connectivity index (χ4v) is 2.54. The van der Waals surface area contributed by atoms with Crippen LogP contribution in [0.3, 0.4) is 0 Å². The zero-order chi connectivity index (χ0) is 13.5. The van der Waals surface area contributed by atoms with Gasteiger partial charge in [-0.2, -0.15) is 0 Å². The second-order valence-electron chi connectivity index (χ2n) is 5.17. The smallest absolute Gasteiger partial charge is 0.0508 e. The Bertz CT molecular complexity index is 364. The van der Waals surface area contributed by atoms with E-state index in [-0.39, 0.29) is 0 Å². The fraction of sp³-hybridized carbons (Fsp3) is 0.600. The van der Waals surface area contributed by atoms with E-state index in [0.29, 0.717) is 0 Å². The summed E-state index contributed by atoms with van der Waals surface area (Å²) >= 11 is 3.68. The van der Waals surface area contributed by atoms with Gasteiger partial charge in [-0.3, -0.25) is 0 Å². The summed E-state index contributed by atoms with van der Waals surface area (Å²) in [6.45, 7) is 9.70. The van der Waals surface area contributed by atoms with Gasteiger partial charge >= 0.3 is 0 Å². The Balaban J connectivity index is 2.66. The zero-order valence-electron chi connectivity index (χ0n) is 12.0. The van der Waals surface area contributed by atoms with E-state index in [2.05, 4.69) is 72.2 Å². The Kier molecular flexibility index (Phi) is 6.72. The molecule has 1 aromatic carbocycles. The first-order valence-corrected chi connectivity index (χ1v) is 7.54. The van der Waals surface area contributed by atoms with Gasteiger partial charge in [0.1, 0.15) is 0 Å². The van der Waals surface area contributed by atoms with Crippen LogP contribution in [-0.4, -0.2) is 20.1 Å². The van der Waals surface area contributed by atoms with Crippen molar-refractivity contribution in [3.8, 4) is 0 Å². The standard InChI is InChI=1S/C15H25BrN2/c1-5-17-11-13-6-7-15(14(16)10-13)18(4)9-8-12(2)3/h6-7,10,12,17H,5,8-9,11H2,1-4H3. The van der Waals surface area contributed by atoms with Crippen molar-refractivity contribution in [1.82, 2.24) is 5.32 Å². The molecule has 0 amide bonds. The summed E-state index contributed by atoms with van der Waals surface area (Å²) in [7, 11) is 2.16. The molecule has 1 N–H and O–H groups in total. The van der Waals surface area contributed by atoms with E-state index >= 15 is 0 Å². The first-order chi connectivity index (χ1) is 8.54. The van der Waals surface area contributed by atoms with Crippen LogP contribution in [0.5, 0.6) is 0 Å². The van der Waals surface area contributed by atoms with Gasteiger partial charge in [0.2, 0.25) is 0 Å². The summed E-state index contributed by atoms with van der Waals surface area (Å²) in [4.78, 5) is 2.32. The third-order valence-electron chi connectivity index (χ3n) is 3.04. The Morgan fingerprint density at radius 3 is 2.61 bits per heavy atom. The summed E-state index contributed by atoms with van der Waals surface area (Å²) in [6.07, 6.45) is 1.22. The predicted molar refractivity (Wildman–Crippen MR) is 84.2 cm³/mol. The first-order valence-electron chi connectivity index (χ1n) is 6.74. The van der Waals surface area contributed by atoms with Crippen molar-refractivity contribution in [2.75, 3.05) is 25.0 Å². The van der Waals surface area contributed by atoms with E-state index in [9.17, 15) is 0 Å². The van der Waals surface area contributed by atoms with Gasteiger partial charge in [-0.05, 0) is 52.5 Å². The van der Waals surface area contributed by atoms with E-state index in [4.69, 9.17) is 0 Å². The lowest BCUT2D eigenvalue weighted by atomic mass is 10.1. The first kappa shape index (κ1) is 15.5. The van der Waals surface area contributed by atoms with Crippen LogP contribution in [0.15, 0.2) is 22.7 Å². The molecular formula is C15H25BrN2. The van der Waals surface area contributed by atoms with Crippen LogP contribution in [0.4, 0.5) is 5.69 Å². The molecule has 0 atom stereocenters. The van der Waals surface area contributed by atoms with Gasteiger partial charge in [-0.25, -0.2) is 0 Å². The van der Waals surface area contributed by atoms with Crippen molar-refractivity contribution in [3.63, 3.8) is 0 Å². The lowest BCUT2D eigenvalue weighted by Crippen LogP contribution is -2.20. The number of hydrogen-bond acceptors (Lipinski definition) is 2. The SMILES string of the molecule is CCNCc1ccc(N(C)CCC(C)C)c(Br)c1. The molecule has 0 aliphatic carbocycles. The second kappa shape index (κ2) is 7.80. The number of hydrogen-bond donors (Lipinski definition) is 1. The molecule has 3 heteroatoms. The number of nitrogens with zero attached hydrogens (tertiary/aromatic N) is 1. The summed E-state index contributed by atoms with van der Waals surface area (Å²) < 4.78 is 1.18. The molecule has 0 aliphatic heterocycles. The molecule has 0 spiro atoms. The van der Waals surface area contributed by atoms with Crippen LogP contribution in [0.25, 0.3) is 0 Å². The molecule has 0 saturated carbocycles. The minimum atomic E-state index is 0.749.